The number of hydrogen-bond donors (Lipinski definition) is 2. The van der Waals surface area contributed by atoms with Crippen molar-refractivity contribution in [1.29, 1.82) is 0 Å². The Labute approximate surface area is 164 Å². The van der Waals surface area contributed by atoms with E-state index in [-0.39, 0.29) is 17.5 Å². The monoisotopic (exact) mass is 375 g/mol. The minimum Gasteiger partial charge on any atom is -0.344 e. The van der Waals surface area contributed by atoms with Crippen molar-refractivity contribution in [2.45, 2.75) is 40.2 Å². The van der Waals surface area contributed by atoms with E-state index in [4.69, 9.17) is 0 Å². The molecule has 3 aromatic rings. The normalized spacial score (nSPS) is 11.9. The lowest BCUT2D eigenvalue weighted by molar-refractivity contribution is 0.0934. The lowest BCUT2D eigenvalue weighted by Gasteiger charge is -2.17. The molecule has 1 atom stereocenters. The SMILES string of the molecule is CC[C@@H](NC(=O)c1ccc(-c2cc(C)c(C)[nH]c2=O)cc1)c1ccc(C)cn1. The summed E-state index contributed by atoms with van der Waals surface area (Å²) in [5.74, 6) is -0.158. The Balaban J connectivity index is 1.79. The van der Waals surface area contributed by atoms with Crippen molar-refractivity contribution in [3.8, 4) is 11.1 Å². The smallest absolute Gasteiger partial charge is 0.256 e. The second kappa shape index (κ2) is 8.21. The molecule has 2 aromatic heterocycles. The van der Waals surface area contributed by atoms with Crippen LogP contribution in [0.1, 0.15) is 52.3 Å². The molecule has 0 aliphatic carbocycles. The molecule has 28 heavy (non-hydrogen) atoms. The molecule has 0 fully saturated rings. The fourth-order valence-corrected chi connectivity index (χ4v) is 3.05. The van der Waals surface area contributed by atoms with Crippen LogP contribution in [0.2, 0.25) is 0 Å². The summed E-state index contributed by atoms with van der Waals surface area (Å²) in [5, 5.41) is 3.04. The van der Waals surface area contributed by atoms with E-state index in [1.165, 1.54) is 0 Å². The van der Waals surface area contributed by atoms with Crippen molar-refractivity contribution in [2.24, 2.45) is 0 Å². The molecule has 0 aliphatic rings. The lowest BCUT2D eigenvalue weighted by Crippen LogP contribution is -2.28. The maximum atomic E-state index is 12.7. The molecule has 5 heteroatoms. The lowest BCUT2D eigenvalue weighted by atomic mass is 10.0. The highest BCUT2D eigenvalue weighted by Gasteiger charge is 2.15. The van der Waals surface area contributed by atoms with Crippen LogP contribution in [-0.4, -0.2) is 15.9 Å². The number of amides is 1. The van der Waals surface area contributed by atoms with Crippen molar-refractivity contribution >= 4 is 5.91 Å². The Morgan fingerprint density at radius 2 is 1.82 bits per heavy atom. The summed E-state index contributed by atoms with van der Waals surface area (Å²) in [6, 6.07) is 12.8. The van der Waals surface area contributed by atoms with Gasteiger partial charge in [-0.3, -0.25) is 14.6 Å². The first-order valence-electron chi connectivity index (χ1n) is 9.43. The van der Waals surface area contributed by atoms with E-state index in [2.05, 4.69) is 15.3 Å². The molecule has 144 valence electrons. The van der Waals surface area contributed by atoms with Crippen molar-refractivity contribution in [3.63, 3.8) is 0 Å². The number of aromatic nitrogens is 2. The minimum absolute atomic E-state index is 0.128. The van der Waals surface area contributed by atoms with Gasteiger partial charge >= 0.3 is 0 Å². The highest BCUT2D eigenvalue weighted by atomic mass is 16.1. The van der Waals surface area contributed by atoms with Gasteiger partial charge < -0.3 is 10.3 Å². The van der Waals surface area contributed by atoms with Gasteiger partial charge in [0.2, 0.25) is 0 Å². The van der Waals surface area contributed by atoms with Crippen LogP contribution in [0.25, 0.3) is 11.1 Å². The van der Waals surface area contributed by atoms with E-state index in [9.17, 15) is 9.59 Å². The fourth-order valence-electron chi connectivity index (χ4n) is 3.05. The Kier molecular flexibility index (Phi) is 5.73. The molecule has 1 amide bonds. The number of hydrogen-bond acceptors (Lipinski definition) is 3. The van der Waals surface area contributed by atoms with Crippen molar-refractivity contribution in [3.05, 3.63) is 87.1 Å². The number of aryl methyl sites for hydroxylation is 3. The first kappa shape index (κ1) is 19.5. The third kappa shape index (κ3) is 4.19. The highest BCUT2D eigenvalue weighted by Crippen LogP contribution is 2.19. The van der Waals surface area contributed by atoms with E-state index in [0.717, 1.165) is 34.5 Å². The molecule has 0 unspecified atom stereocenters. The summed E-state index contributed by atoms with van der Waals surface area (Å²) in [6.45, 7) is 7.83. The van der Waals surface area contributed by atoms with Crippen LogP contribution in [0.4, 0.5) is 0 Å². The quantitative estimate of drug-likeness (QED) is 0.700. The predicted molar refractivity (Wildman–Crippen MR) is 111 cm³/mol. The fraction of sp³-hybridized carbons (Fsp3) is 0.261. The topological polar surface area (TPSA) is 74.8 Å². The predicted octanol–water partition coefficient (Wildman–Crippen LogP) is 4.24. The largest absolute Gasteiger partial charge is 0.344 e. The average Bonchev–Trinajstić information content (AvgIpc) is 2.69. The molecule has 0 saturated heterocycles. The van der Waals surface area contributed by atoms with Gasteiger partial charge in [0.1, 0.15) is 0 Å². The van der Waals surface area contributed by atoms with Gasteiger partial charge in [0.25, 0.3) is 11.5 Å². The van der Waals surface area contributed by atoms with Gasteiger partial charge in [-0.15, -0.1) is 0 Å². The van der Waals surface area contributed by atoms with Crippen LogP contribution < -0.4 is 10.9 Å². The van der Waals surface area contributed by atoms with E-state index in [1.807, 2.05) is 45.9 Å². The number of carbonyl (C=O) groups excluding carboxylic acids is 1. The van der Waals surface area contributed by atoms with Crippen LogP contribution >= 0.6 is 0 Å². The molecule has 1 aromatic carbocycles. The second-order valence-corrected chi connectivity index (χ2v) is 7.09. The van der Waals surface area contributed by atoms with Crippen LogP contribution in [0, 0.1) is 20.8 Å². The van der Waals surface area contributed by atoms with Crippen molar-refractivity contribution in [2.75, 3.05) is 0 Å². The van der Waals surface area contributed by atoms with E-state index < -0.39 is 0 Å². The summed E-state index contributed by atoms with van der Waals surface area (Å²) in [7, 11) is 0. The molecule has 0 spiro atoms. The third-order valence-electron chi connectivity index (χ3n) is 4.96. The maximum absolute atomic E-state index is 12.7. The van der Waals surface area contributed by atoms with Gasteiger partial charge in [0.15, 0.2) is 0 Å². The molecule has 2 N–H and O–H groups in total. The third-order valence-corrected chi connectivity index (χ3v) is 4.96. The summed E-state index contributed by atoms with van der Waals surface area (Å²) < 4.78 is 0. The number of rotatable bonds is 5. The summed E-state index contributed by atoms with van der Waals surface area (Å²) in [4.78, 5) is 32.2. The average molecular weight is 375 g/mol. The van der Waals surface area contributed by atoms with Gasteiger partial charge in [0, 0.05) is 23.0 Å². The number of carbonyl (C=O) groups is 1. The van der Waals surface area contributed by atoms with Crippen molar-refractivity contribution < 1.29 is 4.79 Å². The van der Waals surface area contributed by atoms with Gasteiger partial charge in [-0.2, -0.15) is 0 Å². The van der Waals surface area contributed by atoms with Crippen LogP contribution in [0.3, 0.4) is 0 Å². The molecule has 5 nitrogen and oxygen atoms in total. The Bertz CT molecular complexity index is 1030. The van der Waals surface area contributed by atoms with E-state index in [1.54, 1.807) is 30.5 Å². The van der Waals surface area contributed by atoms with Gasteiger partial charge in [-0.25, -0.2) is 0 Å². The zero-order valence-corrected chi connectivity index (χ0v) is 16.7. The van der Waals surface area contributed by atoms with Crippen LogP contribution in [0.5, 0.6) is 0 Å². The number of H-pyrrole nitrogens is 1. The molecule has 0 bridgehead atoms. The Hall–Kier alpha value is -3.21. The zero-order valence-electron chi connectivity index (χ0n) is 16.7. The van der Waals surface area contributed by atoms with Crippen molar-refractivity contribution in [1.82, 2.24) is 15.3 Å². The maximum Gasteiger partial charge on any atom is 0.256 e. The number of nitrogens with one attached hydrogen (secondary N) is 2. The van der Waals surface area contributed by atoms with E-state index >= 15 is 0 Å². The highest BCUT2D eigenvalue weighted by molar-refractivity contribution is 5.94. The van der Waals surface area contributed by atoms with Gasteiger partial charge in [-0.05, 0) is 68.1 Å². The molecule has 0 radical (unpaired) electrons. The standard InChI is InChI=1S/C23H25N3O2/c1-5-20(21-11-6-14(2)13-24-21)26-22(27)18-9-7-17(8-10-18)19-12-15(3)16(4)25-23(19)28/h6-13,20H,5H2,1-4H3,(H,25,28)(H,26,27)/t20-/m1/s1. The Morgan fingerprint density at radius 1 is 1.11 bits per heavy atom. The zero-order chi connectivity index (χ0) is 20.3. The van der Waals surface area contributed by atoms with Gasteiger partial charge in [-0.1, -0.05) is 25.1 Å². The Morgan fingerprint density at radius 3 is 2.43 bits per heavy atom. The second-order valence-electron chi connectivity index (χ2n) is 7.09. The number of nitrogens with zero attached hydrogens (tertiary/aromatic N) is 1. The van der Waals surface area contributed by atoms with Crippen LogP contribution in [0.15, 0.2) is 53.5 Å². The molecular formula is C23H25N3O2. The summed E-state index contributed by atoms with van der Waals surface area (Å²) in [6.07, 6.45) is 2.55. The van der Waals surface area contributed by atoms with Crippen LogP contribution in [-0.2, 0) is 0 Å². The molecule has 2 heterocycles. The molecule has 0 aliphatic heterocycles. The summed E-state index contributed by atoms with van der Waals surface area (Å²) in [5.41, 5.74) is 5.62. The number of aromatic amines is 1. The molecule has 0 saturated carbocycles. The summed E-state index contributed by atoms with van der Waals surface area (Å²) >= 11 is 0. The number of pyridine rings is 2. The molecule has 3 rings (SSSR count). The van der Waals surface area contributed by atoms with E-state index in [0.29, 0.717) is 11.1 Å². The van der Waals surface area contributed by atoms with Gasteiger partial charge in [0.05, 0.1) is 11.7 Å². The first-order chi connectivity index (χ1) is 13.4. The number of benzene rings is 1. The first-order valence-corrected chi connectivity index (χ1v) is 9.43. The molecular weight excluding hydrogens is 350 g/mol. The minimum atomic E-state index is -0.158.